The number of hydrogen-bond acceptors (Lipinski definition) is 5. The summed E-state index contributed by atoms with van der Waals surface area (Å²) in [5.41, 5.74) is 0. The molecule has 0 saturated carbocycles. The van der Waals surface area contributed by atoms with E-state index in [1.807, 2.05) is 18.2 Å². The molecule has 0 amide bonds. The lowest BCUT2D eigenvalue weighted by Gasteiger charge is -2.11. The number of esters is 2. The topological polar surface area (TPSA) is 61.8 Å². The van der Waals surface area contributed by atoms with Gasteiger partial charge in [0.25, 0.3) is 0 Å². The molecule has 0 N–H and O–H groups in total. The summed E-state index contributed by atoms with van der Waals surface area (Å²) in [4.78, 5) is 23.8. The Morgan fingerprint density at radius 3 is 2.05 bits per heavy atom. The van der Waals surface area contributed by atoms with Gasteiger partial charge < -0.3 is 14.2 Å². The molecule has 0 bridgehead atoms. The number of carbonyl (C=O) groups is 2. The summed E-state index contributed by atoms with van der Waals surface area (Å²) in [6.07, 6.45) is 0.604. The monoisotopic (exact) mass is 391 g/mol. The first-order chi connectivity index (χ1) is 10.5. The van der Waals surface area contributed by atoms with Crippen LogP contribution in [0.5, 0.6) is 5.75 Å². The van der Waals surface area contributed by atoms with Gasteiger partial charge in [0.15, 0.2) is 10.6 Å². The highest BCUT2D eigenvalue weighted by molar-refractivity contribution is 9.10. The molecule has 122 valence electrons. The van der Waals surface area contributed by atoms with Crippen LogP contribution in [0.25, 0.3) is 0 Å². The van der Waals surface area contributed by atoms with E-state index in [9.17, 15) is 9.59 Å². The molecule has 0 heterocycles. The van der Waals surface area contributed by atoms with Crippen molar-refractivity contribution in [2.75, 3.05) is 32.8 Å². The molecule has 1 aromatic carbocycles. The summed E-state index contributed by atoms with van der Waals surface area (Å²) < 4.78 is 15.7. The Morgan fingerprint density at radius 1 is 1.05 bits per heavy atom. The Morgan fingerprint density at radius 2 is 1.59 bits per heavy atom. The SMILES string of the molecule is COC(=O)CC[S+](CCC(=O)OC)c1cc(Br)ccc1OC. The van der Waals surface area contributed by atoms with Crippen molar-refractivity contribution in [2.24, 2.45) is 0 Å². The summed E-state index contributed by atoms with van der Waals surface area (Å²) in [6, 6.07) is 5.73. The predicted octanol–water partition coefficient (Wildman–Crippen LogP) is 2.56. The zero-order valence-electron chi connectivity index (χ0n) is 12.9. The molecule has 0 aliphatic carbocycles. The number of ether oxygens (including phenoxy) is 3. The van der Waals surface area contributed by atoms with Crippen LogP contribution in [-0.4, -0.2) is 44.8 Å². The number of carbonyl (C=O) groups excluding carboxylic acids is 2. The molecule has 1 rings (SSSR count). The third kappa shape index (κ3) is 5.88. The third-order valence-electron chi connectivity index (χ3n) is 3.00. The fourth-order valence-corrected chi connectivity index (χ4v) is 4.53. The Hall–Kier alpha value is -1.21. The summed E-state index contributed by atoms with van der Waals surface area (Å²) in [5, 5.41) is 0. The second-order valence-corrected chi connectivity index (χ2v) is 7.51. The molecule has 0 spiro atoms. The van der Waals surface area contributed by atoms with E-state index in [-0.39, 0.29) is 22.8 Å². The van der Waals surface area contributed by atoms with Crippen molar-refractivity contribution in [2.45, 2.75) is 17.7 Å². The van der Waals surface area contributed by atoms with Gasteiger partial charge in [-0.1, -0.05) is 15.9 Å². The molecule has 0 aliphatic heterocycles. The minimum atomic E-state index is -0.311. The molecular weight excluding hydrogens is 372 g/mol. The first-order valence-electron chi connectivity index (χ1n) is 6.66. The van der Waals surface area contributed by atoms with Crippen LogP contribution in [-0.2, 0) is 30.0 Å². The molecule has 0 atom stereocenters. The second-order valence-electron chi connectivity index (χ2n) is 4.35. The third-order valence-corrected chi connectivity index (χ3v) is 5.83. The molecule has 22 heavy (non-hydrogen) atoms. The van der Waals surface area contributed by atoms with Gasteiger partial charge >= 0.3 is 11.9 Å². The van der Waals surface area contributed by atoms with E-state index in [2.05, 4.69) is 15.9 Å². The van der Waals surface area contributed by atoms with Gasteiger partial charge in [-0.2, -0.15) is 0 Å². The summed E-state index contributed by atoms with van der Waals surface area (Å²) in [6.45, 7) is 0. The Labute approximate surface area is 141 Å². The van der Waals surface area contributed by atoms with E-state index in [0.29, 0.717) is 24.3 Å². The van der Waals surface area contributed by atoms with Gasteiger partial charge in [0, 0.05) is 21.4 Å². The number of methoxy groups -OCH3 is 3. The Balaban J connectivity index is 2.94. The fourth-order valence-electron chi connectivity index (χ4n) is 1.82. The molecule has 0 aliphatic rings. The standard InChI is InChI=1S/C15H20BrO5S/c1-19-12-5-4-11(16)10-13(12)22(8-6-14(17)20-2)9-7-15(18)21-3/h4-5,10H,6-9H2,1-3H3/q+1. The highest BCUT2D eigenvalue weighted by atomic mass is 79.9. The van der Waals surface area contributed by atoms with E-state index >= 15 is 0 Å². The summed E-state index contributed by atoms with van der Waals surface area (Å²) >= 11 is 3.45. The van der Waals surface area contributed by atoms with Crippen molar-refractivity contribution < 1.29 is 23.8 Å². The van der Waals surface area contributed by atoms with Gasteiger partial charge in [-0.05, 0) is 12.1 Å². The molecule has 7 heteroatoms. The normalized spacial score (nSPS) is 10.4. The van der Waals surface area contributed by atoms with Gasteiger partial charge in [0.05, 0.1) is 34.2 Å². The number of benzene rings is 1. The quantitative estimate of drug-likeness (QED) is 0.503. The lowest BCUT2D eigenvalue weighted by atomic mass is 10.3. The highest BCUT2D eigenvalue weighted by Crippen LogP contribution is 2.30. The van der Waals surface area contributed by atoms with Gasteiger partial charge in [-0.3, -0.25) is 9.59 Å². The largest absolute Gasteiger partial charge is 0.492 e. The van der Waals surface area contributed by atoms with Crippen LogP contribution >= 0.6 is 15.9 Å². The van der Waals surface area contributed by atoms with Crippen molar-refractivity contribution in [1.82, 2.24) is 0 Å². The fraction of sp³-hybridized carbons (Fsp3) is 0.467. The Kier molecular flexibility index (Phi) is 8.34. The van der Waals surface area contributed by atoms with Crippen LogP contribution in [0.15, 0.2) is 27.6 Å². The van der Waals surface area contributed by atoms with Crippen LogP contribution in [0.1, 0.15) is 12.8 Å². The van der Waals surface area contributed by atoms with Crippen molar-refractivity contribution in [3.8, 4) is 5.75 Å². The van der Waals surface area contributed by atoms with Crippen LogP contribution in [0.3, 0.4) is 0 Å². The zero-order valence-corrected chi connectivity index (χ0v) is 15.3. The highest BCUT2D eigenvalue weighted by Gasteiger charge is 2.28. The molecule has 0 aromatic heterocycles. The van der Waals surface area contributed by atoms with E-state index in [4.69, 9.17) is 14.2 Å². The lowest BCUT2D eigenvalue weighted by molar-refractivity contribution is -0.140. The lowest BCUT2D eigenvalue weighted by Crippen LogP contribution is -2.19. The first-order valence-corrected chi connectivity index (χ1v) is 9.02. The van der Waals surface area contributed by atoms with Crippen molar-refractivity contribution in [3.05, 3.63) is 22.7 Å². The van der Waals surface area contributed by atoms with E-state index in [0.717, 1.165) is 15.1 Å². The molecule has 0 unspecified atom stereocenters. The summed E-state index contributed by atoms with van der Waals surface area (Å²) in [5.74, 6) is 1.45. The average Bonchev–Trinajstić information content (AvgIpc) is 2.54. The van der Waals surface area contributed by atoms with Crippen LogP contribution in [0.2, 0.25) is 0 Å². The van der Waals surface area contributed by atoms with E-state index < -0.39 is 0 Å². The minimum absolute atomic E-state index is 0.260. The van der Waals surface area contributed by atoms with Crippen molar-refractivity contribution >= 4 is 38.8 Å². The van der Waals surface area contributed by atoms with Crippen LogP contribution in [0, 0.1) is 0 Å². The maximum absolute atomic E-state index is 11.4. The molecule has 5 nitrogen and oxygen atoms in total. The van der Waals surface area contributed by atoms with Crippen LogP contribution in [0.4, 0.5) is 0 Å². The van der Waals surface area contributed by atoms with Crippen molar-refractivity contribution in [3.63, 3.8) is 0 Å². The minimum Gasteiger partial charge on any atom is -0.492 e. The predicted molar refractivity (Wildman–Crippen MR) is 89.3 cm³/mol. The first kappa shape index (κ1) is 18.8. The number of hydrogen-bond donors (Lipinski definition) is 0. The smallest absolute Gasteiger partial charge is 0.310 e. The number of halogens is 1. The van der Waals surface area contributed by atoms with E-state index in [1.54, 1.807) is 7.11 Å². The van der Waals surface area contributed by atoms with Crippen molar-refractivity contribution in [1.29, 1.82) is 0 Å². The molecule has 0 fully saturated rings. The zero-order chi connectivity index (χ0) is 16.5. The summed E-state index contributed by atoms with van der Waals surface area (Å²) in [7, 11) is 4.03. The maximum atomic E-state index is 11.4. The van der Waals surface area contributed by atoms with Gasteiger partial charge in [-0.25, -0.2) is 0 Å². The molecule has 1 aromatic rings. The molecule has 0 radical (unpaired) electrons. The van der Waals surface area contributed by atoms with E-state index in [1.165, 1.54) is 14.2 Å². The number of rotatable bonds is 8. The second kappa shape index (κ2) is 9.74. The Bertz CT molecular complexity index is 501. The van der Waals surface area contributed by atoms with Gasteiger partial charge in [0.1, 0.15) is 11.5 Å². The van der Waals surface area contributed by atoms with Gasteiger partial charge in [0.2, 0.25) is 0 Å². The van der Waals surface area contributed by atoms with Crippen LogP contribution < -0.4 is 4.74 Å². The molecular formula is C15H20BrO5S+. The maximum Gasteiger partial charge on any atom is 0.310 e. The van der Waals surface area contributed by atoms with Gasteiger partial charge in [-0.15, -0.1) is 0 Å². The molecule has 0 saturated heterocycles. The average molecular weight is 392 g/mol.